The molecule has 1 aliphatic rings. The van der Waals surface area contributed by atoms with Crippen molar-refractivity contribution in [3.63, 3.8) is 0 Å². The standard InChI is InChI=1S/C17H28ClN3/c1-14(2)12-19-13-16-15(18)8-9-17(20-16)21-10-6-4-3-5-7-11-21/h8-9,14,19H,3-7,10-13H2,1-2H3. The van der Waals surface area contributed by atoms with E-state index < -0.39 is 0 Å². The third-order valence-corrected chi connectivity index (χ3v) is 4.27. The lowest BCUT2D eigenvalue weighted by Crippen LogP contribution is -2.28. The summed E-state index contributed by atoms with van der Waals surface area (Å²) in [6.45, 7) is 8.39. The van der Waals surface area contributed by atoms with Gasteiger partial charge in [0.2, 0.25) is 0 Å². The van der Waals surface area contributed by atoms with Crippen molar-refractivity contribution < 1.29 is 0 Å². The molecule has 0 bridgehead atoms. The van der Waals surface area contributed by atoms with Gasteiger partial charge in [-0.2, -0.15) is 0 Å². The highest BCUT2D eigenvalue weighted by Gasteiger charge is 2.12. The van der Waals surface area contributed by atoms with Crippen LogP contribution in [-0.4, -0.2) is 24.6 Å². The van der Waals surface area contributed by atoms with Crippen LogP contribution in [0.1, 0.15) is 51.6 Å². The average molecular weight is 310 g/mol. The molecule has 0 unspecified atom stereocenters. The van der Waals surface area contributed by atoms with Gasteiger partial charge < -0.3 is 10.2 Å². The summed E-state index contributed by atoms with van der Waals surface area (Å²) in [5, 5.41) is 4.19. The van der Waals surface area contributed by atoms with Crippen LogP contribution in [0.3, 0.4) is 0 Å². The molecule has 0 atom stereocenters. The summed E-state index contributed by atoms with van der Waals surface area (Å²) in [7, 11) is 0. The van der Waals surface area contributed by atoms with Gasteiger partial charge in [-0.05, 0) is 37.4 Å². The lowest BCUT2D eigenvalue weighted by Gasteiger charge is -2.26. The summed E-state index contributed by atoms with van der Waals surface area (Å²) in [4.78, 5) is 7.21. The van der Waals surface area contributed by atoms with Crippen LogP contribution in [0.4, 0.5) is 5.82 Å². The van der Waals surface area contributed by atoms with E-state index in [1.165, 1.54) is 32.1 Å². The van der Waals surface area contributed by atoms with Gasteiger partial charge in [0.1, 0.15) is 5.82 Å². The van der Waals surface area contributed by atoms with Gasteiger partial charge in [-0.3, -0.25) is 0 Å². The molecule has 1 fully saturated rings. The molecule has 1 aromatic heterocycles. The van der Waals surface area contributed by atoms with Gasteiger partial charge in [-0.1, -0.05) is 44.7 Å². The summed E-state index contributed by atoms with van der Waals surface area (Å²) in [5.74, 6) is 1.73. The Morgan fingerprint density at radius 1 is 1.14 bits per heavy atom. The number of nitrogens with one attached hydrogen (secondary N) is 1. The van der Waals surface area contributed by atoms with Crippen LogP contribution in [0.15, 0.2) is 12.1 Å². The largest absolute Gasteiger partial charge is 0.357 e. The molecule has 0 aromatic carbocycles. The molecular weight excluding hydrogens is 282 g/mol. The number of anilines is 1. The van der Waals surface area contributed by atoms with Gasteiger partial charge in [0.15, 0.2) is 0 Å². The van der Waals surface area contributed by atoms with Crippen molar-refractivity contribution in [1.29, 1.82) is 0 Å². The Balaban J connectivity index is 2.02. The maximum atomic E-state index is 6.29. The molecule has 0 aliphatic carbocycles. The first-order valence-corrected chi connectivity index (χ1v) is 8.65. The molecule has 2 heterocycles. The molecule has 21 heavy (non-hydrogen) atoms. The Hall–Kier alpha value is -0.800. The van der Waals surface area contributed by atoms with Crippen molar-refractivity contribution >= 4 is 17.4 Å². The van der Waals surface area contributed by atoms with Crippen molar-refractivity contribution in [2.24, 2.45) is 5.92 Å². The van der Waals surface area contributed by atoms with Crippen LogP contribution in [0, 0.1) is 5.92 Å². The third-order valence-electron chi connectivity index (χ3n) is 3.93. The topological polar surface area (TPSA) is 28.2 Å². The quantitative estimate of drug-likeness (QED) is 0.881. The first kappa shape index (κ1) is 16.6. The zero-order valence-corrected chi connectivity index (χ0v) is 14.1. The Labute approximate surface area is 134 Å². The lowest BCUT2D eigenvalue weighted by atomic mass is 10.1. The molecule has 0 spiro atoms. The Morgan fingerprint density at radius 2 is 1.81 bits per heavy atom. The van der Waals surface area contributed by atoms with E-state index >= 15 is 0 Å². The molecule has 1 aliphatic heterocycles. The van der Waals surface area contributed by atoms with Crippen LogP contribution in [-0.2, 0) is 6.54 Å². The molecule has 1 aromatic rings. The summed E-state index contributed by atoms with van der Waals surface area (Å²) < 4.78 is 0. The molecule has 3 nitrogen and oxygen atoms in total. The first-order chi connectivity index (χ1) is 10.2. The first-order valence-electron chi connectivity index (χ1n) is 8.28. The SMILES string of the molecule is CC(C)CNCc1nc(N2CCCCCCC2)ccc1Cl. The van der Waals surface area contributed by atoms with E-state index in [0.29, 0.717) is 5.92 Å². The van der Waals surface area contributed by atoms with Crippen molar-refractivity contribution in [2.75, 3.05) is 24.5 Å². The van der Waals surface area contributed by atoms with Gasteiger partial charge in [-0.15, -0.1) is 0 Å². The second kappa shape index (κ2) is 8.60. The predicted octanol–water partition coefficient (Wildman–Crippen LogP) is 4.25. The number of nitrogens with zero attached hydrogens (tertiary/aromatic N) is 2. The molecule has 1 saturated heterocycles. The number of hydrogen-bond acceptors (Lipinski definition) is 3. The zero-order chi connectivity index (χ0) is 15.1. The summed E-state index contributed by atoms with van der Waals surface area (Å²) >= 11 is 6.29. The van der Waals surface area contributed by atoms with E-state index in [0.717, 1.165) is 42.7 Å². The maximum absolute atomic E-state index is 6.29. The van der Waals surface area contributed by atoms with E-state index in [1.807, 2.05) is 6.07 Å². The fourth-order valence-electron chi connectivity index (χ4n) is 2.73. The second-order valence-corrected chi connectivity index (χ2v) is 6.78. The summed E-state index contributed by atoms with van der Waals surface area (Å²) in [6, 6.07) is 4.06. The van der Waals surface area contributed by atoms with Crippen LogP contribution < -0.4 is 10.2 Å². The summed E-state index contributed by atoms with van der Waals surface area (Å²) in [5.41, 5.74) is 0.969. The maximum Gasteiger partial charge on any atom is 0.128 e. The van der Waals surface area contributed by atoms with E-state index in [-0.39, 0.29) is 0 Å². The average Bonchev–Trinajstić information content (AvgIpc) is 2.40. The monoisotopic (exact) mass is 309 g/mol. The van der Waals surface area contributed by atoms with Crippen LogP contribution in [0.2, 0.25) is 5.02 Å². The molecule has 0 saturated carbocycles. The molecular formula is C17H28ClN3. The van der Waals surface area contributed by atoms with E-state index in [4.69, 9.17) is 16.6 Å². The number of aromatic nitrogens is 1. The van der Waals surface area contributed by atoms with Gasteiger partial charge >= 0.3 is 0 Å². The van der Waals surface area contributed by atoms with Crippen LogP contribution >= 0.6 is 11.6 Å². The van der Waals surface area contributed by atoms with Gasteiger partial charge in [0.25, 0.3) is 0 Å². The normalized spacial score (nSPS) is 16.9. The number of halogens is 1. The number of rotatable bonds is 5. The van der Waals surface area contributed by atoms with Crippen molar-refractivity contribution in [2.45, 2.75) is 52.5 Å². The smallest absolute Gasteiger partial charge is 0.128 e. The Bertz CT molecular complexity index is 426. The molecule has 4 heteroatoms. The third kappa shape index (κ3) is 5.48. The molecule has 0 radical (unpaired) electrons. The Kier molecular flexibility index (Phi) is 6.78. The van der Waals surface area contributed by atoms with E-state index in [2.05, 4.69) is 30.1 Å². The predicted molar refractivity (Wildman–Crippen MR) is 91.1 cm³/mol. The Morgan fingerprint density at radius 3 is 2.48 bits per heavy atom. The van der Waals surface area contributed by atoms with Crippen molar-refractivity contribution in [3.8, 4) is 0 Å². The number of pyridine rings is 1. The summed E-state index contributed by atoms with van der Waals surface area (Å²) in [6.07, 6.45) is 6.60. The molecule has 1 N–H and O–H groups in total. The van der Waals surface area contributed by atoms with Gasteiger partial charge in [-0.25, -0.2) is 4.98 Å². The highest BCUT2D eigenvalue weighted by Crippen LogP contribution is 2.22. The number of hydrogen-bond donors (Lipinski definition) is 1. The fourth-order valence-corrected chi connectivity index (χ4v) is 2.90. The van der Waals surface area contributed by atoms with Gasteiger partial charge in [0.05, 0.1) is 10.7 Å². The highest BCUT2D eigenvalue weighted by molar-refractivity contribution is 6.31. The minimum absolute atomic E-state index is 0.640. The van der Waals surface area contributed by atoms with Gasteiger partial charge in [0, 0.05) is 19.6 Å². The zero-order valence-electron chi connectivity index (χ0n) is 13.4. The lowest BCUT2D eigenvalue weighted by molar-refractivity contribution is 0.543. The van der Waals surface area contributed by atoms with E-state index in [9.17, 15) is 0 Å². The van der Waals surface area contributed by atoms with E-state index in [1.54, 1.807) is 0 Å². The van der Waals surface area contributed by atoms with Crippen LogP contribution in [0.5, 0.6) is 0 Å². The molecule has 2 rings (SSSR count). The highest BCUT2D eigenvalue weighted by atomic mass is 35.5. The minimum atomic E-state index is 0.640. The van der Waals surface area contributed by atoms with Crippen LogP contribution in [0.25, 0.3) is 0 Å². The van der Waals surface area contributed by atoms with Crippen molar-refractivity contribution in [3.05, 3.63) is 22.8 Å². The fraction of sp³-hybridized carbons (Fsp3) is 0.706. The molecule has 0 amide bonds. The minimum Gasteiger partial charge on any atom is -0.357 e. The second-order valence-electron chi connectivity index (χ2n) is 6.38. The van der Waals surface area contributed by atoms with Crippen molar-refractivity contribution in [1.82, 2.24) is 10.3 Å². The molecule has 118 valence electrons.